The quantitative estimate of drug-likeness (QED) is 0.680. The van der Waals surface area contributed by atoms with Crippen LogP contribution in [0.15, 0.2) is 36.4 Å². The number of hydrogen-bond acceptors (Lipinski definition) is 2. The van der Waals surface area contributed by atoms with E-state index in [4.69, 9.17) is 11.6 Å². The second-order valence-electron chi connectivity index (χ2n) is 5.93. The predicted molar refractivity (Wildman–Crippen MR) is 98.9 cm³/mol. The maximum Gasteiger partial charge on any atom is 0.416 e. The molecule has 144 valence electrons. The van der Waals surface area contributed by atoms with Gasteiger partial charge in [0, 0.05) is 5.69 Å². The summed E-state index contributed by atoms with van der Waals surface area (Å²) in [6.45, 7) is 3.77. The highest BCUT2D eigenvalue weighted by atomic mass is 35.5. The lowest BCUT2D eigenvalue weighted by molar-refractivity contribution is -0.137. The maximum absolute atomic E-state index is 12.8. The van der Waals surface area contributed by atoms with E-state index in [1.807, 2.05) is 32.0 Å². The van der Waals surface area contributed by atoms with Gasteiger partial charge < -0.3 is 10.6 Å². The first-order chi connectivity index (χ1) is 12.6. The number of carbonyl (C=O) groups excluding carboxylic acids is 2. The van der Waals surface area contributed by atoms with Crippen LogP contribution in [0.2, 0.25) is 5.02 Å². The van der Waals surface area contributed by atoms with Gasteiger partial charge in [-0.3, -0.25) is 9.59 Å². The molecule has 0 aliphatic carbocycles. The Hall–Kier alpha value is -2.54. The average molecular weight is 399 g/mol. The molecule has 0 radical (unpaired) electrons. The largest absolute Gasteiger partial charge is 0.416 e. The van der Waals surface area contributed by atoms with Gasteiger partial charge in [0.1, 0.15) is 6.42 Å². The lowest BCUT2D eigenvalue weighted by atomic mass is 10.1. The number of aryl methyl sites for hydroxylation is 2. The van der Waals surface area contributed by atoms with Crippen molar-refractivity contribution in [2.45, 2.75) is 32.9 Å². The fourth-order valence-corrected chi connectivity index (χ4v) is 2.69. The van der Waals surface area contributed by atoms with Crippen LogP contribution in [0.1, 0.15) is 30.0 Å². The van der Waals surface area contributed by atoms with E-state index >= 15 is 0 Å². The van der Waals surface area contributed by atoms with Crippen LogP contribution in [-0.2, 0) is 22.2 Å². The summed E-state index contributed by atoms with van der Waals surface area (Å²) in [7, 11) is 0. The number of benzene rings is 2. The third kappa shape index (κ3) is 5.47. The highest BCUT2D eigenvalue weighted by molar-refractivity contribution is 6.33. The third-order valence-electron chi connectivity index (χ3n) is 3.89. The number of anilines is 2. The lowest BCUT2D eigenvalue weighted by Crippen LogP contribution is -2.22. The first kappa shape index (κ1) is 20.8. The van der Waals surface area contributed by atoms with Gasteiger partial charge in [-0.15, -0.1) is 0 Å². The molecule has 8 heteroatoms. The lowest BCUT2D eigenvalue weighted by Gasteiger charge is -2.14. The minimum Gasteiger partial charge on any atom is -0.325 e. The van der Waals surface area contributed by atoms with Gasteiger partial charge >= 0.3 is 6.18 Å². The summed E-state index contributed by atoms with van der Waals surface area (Å²) in [5.74, 6) is -1.33. The Morgan fingerprint density at radius 1 is 1.07 bits per heavy atom. The minimum absolute atomic E-state index is 0.0519. The molecule has 0 saturated heterocycles. The number of carbonyl (C=O) groups is 2. The molecule has 0 bridgehead atoms. The summed E-state index contributed by atoms with van der Waals surface area (Å²) in [4.78, 5) is 24.2. The van der Waals surface area contributed by atoms with Gasteiger partial charge in [0.05, 0.1) is 16.3 Å². The molecule has 2 aromatic carbocycles. The first-order valence-electron chi connectivity index (χ1n) is 8.16. The highest BCUT2D eigenvalue weighted by Gasteiger charge is 2.31. The first-order valence-corrected chi connectivity index (χ1v) is 8.54. The standard InChI is InChI=1S/C19H18ClF3N2O2/c1-3-12-6-4-5-11(2)18(12)25-17(27)10-16(26)24-15-9-13(19(21,22)23)7-8-14(15)20/h4-9H,3,10H2,1-2H3,(H,24,26)(H,25,27). The molecule has 0 aromatic heterocycles. The van der Waals surface area contributed by atoms with E-state index in [1.165, 1.54) is 0 Å². The van der Waals surface area contributed by atoms with Crippen molar-refractivity contribution < 1.29 is 22.8 Å². The minimum atomic E-state index is -4.57. The summed E-state index contributed by atoms with van der Waals surface area (Å²) in [6.07, 6.45) is -4.42. The van der Waals surface area contributed by atoms with Gasteiger partial charge in [-0.05, 0) is 42.7 Å². The zero-order valence-electron chi connectivity index (χ0n) is 14.7. The van der Waals surface area contributed by atoms with Crippen LogP contribution < -0.4 is 10.6 Å². The van der Waals surface area contributed by atoms with Gasteiger partial charge in [-0.1, -0.05) is 36.7 Å². The molecule has 2 rings (SSSR count). The van der Waals surface area contributed by atoms with Crippen LogP contribution in [-0.4, -0.2) is 11.8 Å². The number of alkyl halides is 3. The molecule has 2 aromatic rings. The van der Waals surface area contributed by atoms with E-state index in [0.717, 1.165) is 29.3 Å². The normalized spacial score (nSPS) is 11.2. The third-order valence-corrected chi connectivity index (χ3v) is 4.22. The van der Waals surface area contributed by atoms with Crippen LogP contribution in [0.3, 0.4) is 0 Å². The Labute approximate surface area is 159 Å². The van der Waals surface area contributed by atoms with Gasteiger partial charge in [0.25, 0.3) is 0 Å². The Kier molecular flexibility index (Phi) is 6.49. The number of nitrogens with one attached hydrogen (secondary N) is 2. The fraction of sp³-hybridized carbons (Fsp3) is 0.263. The number of rotatable bonds is 5. The molecule has 2 N–H and O–H groups in total. The fourth-order valence-electron chi connectivity index (χ4n) is 2.52. The van der Waals surface area contributed by atoms with E-state index in [2.05, 4.69) is 10.6 Å². The van der Waals surface area contributed by atoms with Gasteiger partial charge in [0.2, 0.25) is 11.8 Å². The zero-order valence-corrected chi connectivity index (χ0v) is 15.5. The van der Waals surface area contributed by atoms with Crippen molar-refractivity contribution in [3.05, 3.63) is 58.1 Å². The molecule has 0 heterocycles. The van der Waals surface area contributed by atoms with Gasteiger partial charge in [0.15, 0.2) is 0 Å². The van der Waals surface area contributed by atoms with Gasteiger partial charge in [-0.25, -0.2) is 0 Å². The van der Waals surface area contributed by atoms with E-state index in [1.54, 1.807) is 0 Å². The number of hydrogen-bond donors (Lipinski definition) is 2. The maximum atomic E-state index is 12.8. The van der Waals surface area contributed by atoms with Crippen molar-refractivity contribution in [1.82, 2.24) is 0 Å². The molecule has 0 atom stereocenters. The molecule has 0 spiro atoms. The van der Waals surface area contributed by atoms with Crippen LogP contribution in [0, 0.1) is 6.92 Å². The molecule has 0 saturated carbocycles. The predicted octanol–water partition coefficient (Wildman–Crippen LogP) is 5.20. The average Bonchev–Trinajstić information content (AvgIpc) is 2.57. The van der Waals surface area contributed by atoms with Crippen LogP contribution in [0.25, 0.3) is 0 Å². The number of para-hydroxylation sites is 1. The SMILES string of the molecule is CCc1cccc(C)c1NC(=O)CC(=O)Nc1cc(C(F)(F)F)ccc1Cl. The molecule has 0 aliphatic heterocycles. The molecular formula is C19H18ClF3N2O2. The zero-order chi connectivity index (χ0) is 20.2. The van der Waals surface area contributed by atoms with E-state index < -0.39 is 30.0 Å². The molecule has 2 amide bonds. The second-order valence-corrected chi connectivity index (χ2v) is 6.34. The van der Waals surface area contributed by atoms with Gasteiger partial charge in [-0.2, -0.15) is 13.2 Å². The monoisotopic (exact) mass is 398 g/mol. The summed E-state index contributed by atoms with van der Waals surface area (Å²) < 4.78 is 38.3. The Morgan fingerprint density at radius 3 is 2.37 bits per heavy atom. The van der Waals surface area contributed by atoms with Crippen molar-refractivity contribution >= 4 is 34.8 Å². The Bertz CT molecular complexity index is 867. The van der Waals surface area contributed by atoms with Crippen molar-refractivity contribution in [3.8, 4) is 0 Å². The van der Waals surface area contributed by atoms with Crippen LogP contribution in [0.4, 0.5) is 24.5 Å². The molecule has 27 heavy (non-hydrogen) atoms. The topological polar surface area (TPSA) is 58.2 Å². The van der Waals surface area contributed by atoms with Crippen molar-refractivity contribution in [2.75, 3.05) is 10.6 Å². The Balaban J connectivity index is 2.07. The summed E-state index contributed by atoms with van der Waals surface area (Å²) >= 11 is 5.83. The second kappa shape index (κ2) is 8.43. The number of amides is 2. The Morgan fingerprint density at radius 2 is 1.74 bits per heavy atom. The van der Waals surface area contributed by atoms with E-state index in [9.17, 15) is 22.8 Å². The molecule has 4 nitrogen and oxygen atoms in total. The molecule has 0 unspecified atom stereocenters. The van der Waals surface area contributed by atoms with E-state index in [0.29, 0.717) is 12.1 Å². The summed E-state index contributed by atoms with van der Waals surface area (Å²) in [5.41, 5.74) is 1.26. The molecule has 0 aliphatic rings. The van der Waals surface area contributed by atoms with Crippen molar-refractivity contribution in [1.29, 1.82) is 0 Å². The van der Waals surface area contributed by atoms with Crippen molar-refractivity contribution in [2.24, 2.45) is 0 Å². The smallest absolute Gasteiger partial charge is 0.325 e. The highest BCUT2D eigenvalue weighted by Crippen LogP contribution is 2.33. The van der Waals surface area contributed by atoms with Crippen LogP contribution >= 0.6 is 11.6 Å². The summed E-state index contributed by atoms with van der Waals surface area (Å²) in [6, 6.07) is 8.15. The van der Waals surface area contributed by atoms with Crippen LogP contribution in [0.5, 0.6) is 0 Å². The number of halogens is 4. The molecular weight excluding hydrogens is 381 g/mol. The van der Waals surface area contributed by atoms with Crippen molar-refractivity contribution in [3.63, 3.8) is 0 Å². The van der Waals surface area contributed by atoms with E-state index in [-0.39, 0.29) is 10.7 Å². The summed E-state index contributed by atoms with van der Waals surface area (Å²) in [5, 5.41) is 4.88. The molecule has 0 fully saturated rings.